The number of nitrogens with one attached hydrogen (secondary N) is 1. The number of β-amino-alcohol motifs (C(OH)–C–C–N with tert-alkyl or cyclic N) is 1. The highest BCUT2D eigenvalue weighted by atomic mass is 16.3. The van der Waals surface area contributed by atoms with Crippen LogP contribution in [0.15, 0.2) is 24.3 Å². The maximum Gasteiger partial charge on any atom is 0.254 e. The van der Waals surface area contributed by atoms with Crippen LogP contribution < -0.4 is 5.32 Å². The molecule has 1 unspecified atom stereocenters. The average Bonchev–Trinajstić information content (AvgIpc) is 3.13. The highest BCUT2D eigenvalue weighted by Crippen LogP contribution is 2.22. The van der Waals surface area contributed by atoms with Gasteiger partial charge in [-0.05, 0) is 49.9 Å². The quantitative estimate of drug-likeness (QED) is 0.831. The van der Waals surface area contributed by atoms with Crippen LogP contribution in [0.1, 0.15) is 43.7 Å². The second-order valence-corrected chi connectivity index (χ2v) is 7.51. The van der Waals surface area contributed by atoms with Crippen LogP contribution in [0.2, 0.25) is 0 Å². The number of likely N-dealkylation sites (tertiary alicyclic amines) is 2. The van der Waals surface area contributed by atoms with Gasteiger partial charge in [0.15, 0.2) is 5.60 Å². The van der Waals surface area contributed by atoms with Gasteiger partial charge in [-0.15, -0.1) is 0 Å². The lowest BCUT2D eigenvalue weighted by atomic mass is 9.91. The molecular formula is C20H29N3O3. The fourth-order valence-electron chi connectivity index (χ4n) is 3.90. The molecule has 0 aromatic heterocycles. The molecule has 142 valence electrons. The van der Waals surface area contributed by atoms with E-state index in [2.05, 4.69) is 16.3 Å². The van der Waals surface area contributed by atoms with Crippen molar-refractivity contribution in [1.29, 1.82) is 0 Å². The summed E-state index contributed by atoms with van der Waals surface area (Å²) in [5, 5.41) is 13.6. The van der Waals surface area contributed by atoms with E-state index in [4.69, 9.17) is 0 Å². The van der Waals surface area contributed by atoms with Gasteiger partial charge in [-0.3, -0.25) is 14.5 Å². The highest BCUT2D eigenvalue weighted by molar-refractivity contribution is 5.86. The zero-order valence-corrected chi connectivity index (χ0v) is 15.5. The van der Waals surface area contributed by atoms with Crippen LogP contribution in [0.5, 0.6) is 0 Å². The minimum Gasteiger partial charge on any atom is -0.378 e. The predicted octanol–water partition coefficient (Wildman–Crippen LogP) is 1.27. The Morgan fingerprint density at radius 1 is 1.12 bits per heavy atom. The third-order valence-electron chi connectivity index (χ3n) is 5.49. The van der Waals surface area contributed by atoms with E-state index in [-0.39, 0.29) is 18.4 Å². The normalized spacial score (nSPS) is 23.8. The molecule has 0 aliphatic carbocycles. The van der Waals surface area contributed by atoms with Gasteiger partial charge in [0.25, 0.3) is 5.91 Å². The first kappa shape index (κ1) is 18.9. The summed E-state index contributed by atoms with van der Waals surface area (Å²) in [6.45, 7) is 5.69. The largest absolute Gasteiger partial charge is 0.378 e. The van der Waals surface area contributed by atoms with Crippen molar-refractivity contribution in [1.82, 2.24) is 15.1 Å². The Kier molecular flexibility index (Phi) is 5.94. The first-order valence-corrected chi connectivity index (χ1v) is 9.53. The Hall–Kier alpha value is -1.92. The van der Waals surface area contributed by atoms with Crippen LogP contribution in [0.25, 0.3) is 0 Å². The summed E-state index contributed by atoms with van der Waals surface area (Å²) in [5.74, 6) is -0.494. The molecule has 1 aromatic carbocycles. The van der Waals surface area contributed by atoms with E-state index in [9.17, 15) is 14.7 Å². The van der Waals surface area contributed by atoms with Crippen molar-refractivity contribution in [2.45, 2.75) is 51.3 Å². The molecule has 26 heavy (non-hydrogen) atoms. The standard InChI is InChI=1S/C20H29N3O3/c1-16(24)23-12-6-9-20(26,15-23)19(25)21-13-17-7-2-3-8-18(17)14-22-10-4-5-11-22/h2-3,7-8,26H,4-6,9-15H2,1H3,(H,21,25). The molecule has 2 fully saturated rings. The van der Waals surface area contributed by atoms with E-state index in [1.54, 1.807) is 4.90 Å². The molecule has 0 spiro atoms. The lowest BCUT2D eigenvalue weighted by Crippen LogP contribution is -2.57. The van der Waals surface area contributed by atoms with Crippen molar-refractivity contribution in [3.8, 4) is 0 Å². The number of aliphatic hydroxyl groups is 1. The Bertz CT molecular complexity index is 657. The monoisotopic (exact) mass is 359 g/mol. The number of hydrogen-bond donors (Lipinski definition) is 2. The molecule has 6 heteroatoms. The number of carbonyl (C=O) groups excluding carboxylic acids is 2. The smallest absolute Gasteiger partial charge is 0.254 e. The maximum absolute atomic E-state index is 12.6. The Balaban J connectivity index is 1.61. The van der Waals surface area contributed by atoms with Crippen LogP contribution in [-0.2, 0) is 22.7 Å². The van der Waals surface area contributed by atoms with Crippen molar-refractivity contribution in [3.63, 3.8) is 0 Å². The fourth-order valence-corrected chi connectivity index (χ4v) is 3.90. The molecule has 3 rings (SSSR count). The second-order valence-electron chi connectivity index (χ2n) is 7.51. The number of carbonyl (C=O) groups is 2. The van der Waals surface area contributed by atoms with Gasteiger partial charge in [0, 0.05) is 26.6 Å². The van der Waals surface area contributed by atoms with E-state index in [0.717, 1.165) is 25.2 Å². The molecule has 2 amide bonds. The lowest BCUT2D eigenvalue weighted by molar-refractivity contribution is -0.150. The molecule has 2 saturated heterocycles. The summed E-state index contributed by atoms with van der Waals surface area (Å²) in [6, 6.07) is 8.13. The average molecular weight is 359 g/mol. The molecular weight excluding hydrogens is 330 g/mol. The van der Waals surface area contributed by atoms with E-state index in [1.807, 2.05) is 18.2 Å². The molecule has 0 bridgehead atoms. The molecule has 6 nitrogen and oxygen atoms in total. The second kappa shape index (κ2) is 8.18. The van der Waals surface area contributed by atoms with Crippen LogP contribution in [0.3, 0.4) is 0 Å². The van der Waals surface area contributed by atoms with Crippen LogP contribution in [-0.4, -0.2) is 58.5 Å². The zero-order chi connectivity index (χ0) is 18.6. The first-order chi connectivity index (χ1) is 12.5. The number of rotatable bonds is 5. The molecule has 2 heterocycles. The Morgan fingerprint density at radius 2 is 1.81 bits per heavy atom. The molecule has 1 atom stereocenters. The van der Waals surface area contributed by atoms with Crippen molar-refractivity contribution in [2.24, 2.45) is 0 Å². The molecule has 0 radical (unpaired) electrons. The van der Waals surface area contributed by atoms with Crippen molar-refractivity contribution in [2.75, 3.05) is 26.2 Å². The van der Waals surface area contributed by atoms with Gasteiger partial charge in [0.05, 0.1) is 6.54 Å². The summed E-state index contributed by atoms with van der Waals surface area (Å²) in [5.41, 5.74) is 0.805. The van der Waals surface area contributed by atoms with Gasteiger partial charge in [0.1, 0.15) is 0 Å². The number of amides is 2. The molecule has 2 N–H and O–H groups in total. The maximum atomic E-state index is 12.6. The van der Waals surface area contributed by atoms with Crippen LogP contribution in [0.4, 0.5) is 0 Å². The van der Waals surface area contributed by atoms with Gasteiger partial charge in [-0.2, -0.15) is 0 Å². The summed E-state index contributed by atoms with van der Waals surface area (Å²) >= 11 is 0. The number of nitrogens with zero attached hydrogens (tertiary/aromatic N) is 2. The lowest BCUT2D eigenvalue weighted by Gasteiger charge is -2.37. The van der Waals surface area contributed by atoms with Gasteiger partial charge >= 0.3 is 0 Å². The third kappa shape index (κ3) is 4.43. The zero-order valence-electron chi connectivity index (χ0n) is 15.5. The highest BCUT2D eigenvalue weighted by Gasteiger charge is 2.40. The van der Waals surface area contributed by atoms with Gasteiger partial charge in [-0.1, -0.05) is 24.3 Å². The van der Waals surface area contributed by atoms with Gasteiger partial charge in [-0.25, -0.2) is 0 Å². The molecule has 1 aromatic rings. The Morgan fingerprint density at radius 3 is 2.50 bits per heavy atom. The first-order valence-electron chi connectivity index (χ1n) is 9.53. The van der Waals surface area contributed by atoms with Crippen LogP contribution >= 0.6 is 0 Å². The number of hydrogen-bond acceptors (Lipinski definition) is 4. The number of benzene rings is 1. The minimum absolute atomic E-state index is 0.0730. The SMILES string of the molecule is CC(=O)N1CCCC(O)(C(=O)NCc2ccccc2CN2CCCC2)C1. The molecule has 2 aliphatic rings. The van der Waals surface area contributed by atoms with Gasteiger partial charge in [0.2, 0.25) is 5.91 Å². The molecule has 2 aliphatic heterocycles. The van der Waals surface area contributed by atoms with E-state index in [1.165, 1.54) is 25.3 Å². The van der Waals surface area contributed by atoms with Crippen molar-refractivity contribution < 1.29 is 14.7 Å². The van der Waals surface area contributed by atoms with E-state index < -0.39 is 5.60 Å². The van der Waals surface area contributed by atoms with E-state index in [0.29, 0.717) is 25.9 Å². The predicted molar refractivity (Wildman–Crippen MR) is 99.2 cm³/mol. The fraction of sp³-hybridized carbons (Fsp3) is 0.600. The van der Waals surface area contributed by atoms with Crippen LogP contribution in [0, 0.1) is 0 Å². The van der Waals surface area contributed by atoms with E-state index >= 15 is 0 Å². The summed E-state index contributed by atoms with van der Waals surface area (Å²) < 4.78 is 0. The third-order valence-corrected chi connectivity index (χ3v) is 5.49. The van der Waals surface area contributed by atoms with Gasteiger partial charge < -0.3 is 15.3 Å². The summed E-state index contributed by atoms with van der Waals surface area (Å²) in [6.07, 6.45) is 3.52. The number of piperidine rings is 1. The van der Waals surface area contributed by atoms with Crippen molar-refractivity contribution in [3.05, 3.63) is 35.4 Å². The molecule has 0 saturated carbocycles. The minimum atomic E-state index is -1.49. The summed E-state index contributed by atoms with van der Waals surface area (Å²) in [4.78, 5) is 28.2. The summed E-state index contributed by atoms with van der Waals surface area (Å²) in [7, 11) is 0. The van der Waals surface area contributed by atoms with Crippen molar-refractivity contribution >= 4 is 11.8 Å². The topological polar surface area (TPSA) is 72.9 Å². The Labute approximate surface area is 155 Å².